The van der Waals surface area contributed by atoms with Gasteiger partial charge in [0.1, 0.15) is 0 Å². The fourth-order valence-electron chi connectivity index (χ4n) is 2.83. The molecule has 0 saturated carbocycles. The maximum absolute atomic E-state index is 12.5. The number of furan rings is 1. The van der Waals surface area contributed by atoms with Crippen molar-refractivity contribution in [3.05, 3.63) is 53.4 Å². The Kier molecular flexibility index (Phi) is 5.40. The summed E-state index contributed by atoms with van der Waals surface area (Å²) in [4.78, 5) is 28.5. The molecule has 3 rings (SSSR count). The number of hydrogen-bond acceptors (Lipinski definition) is 4. The summed E-state index contributed by atoms with van der Waals surface area (Å²) in [5, 5.41) is 3.37. The number of hydrogen-bond donors (Lipinski definition) is 1. The third-order valence-corrected chi connectivity index (χ3v) is 4.72. The van der Waals surface area contributed by atoms with Gasteiger partial charge in [0.25, 0.3) is 5.91 Å². The van der Waals surface area contributed by atoms with Crippen LogP contribution in [0.4, 0.5) is 5.69 Å². The van der Waals surface area contributed by atoms with Gasteiger partial charge in [0.2, 0.25) is 5.91 Å². The highest BCUT2D eigenvalue weighted by Gasteiger charge is 2.28. The van der Waals surface area contributed by atoms with Crippen LogP contribution >= 0.6 is 11.6 Å². The fraction of sp³-hybridized carbons (Fsp3) is 0.333. The molecule has 0 bridgehead atoms. The van der Waals surface area contributed by atoms with Gasteiger partial charge in [0.15, 0.2) is 5.76 Å². The predicted molar refractivity (Wildman–Crippen MR) is 95.7 cm³/mol. The Morgan fingerprint density at radius 3 is 2.48 bits per heavy atom. The molecule has 0 spiro atoms. The molecule has 1 aromatic carbocycles. The molecule has 1 atom stereocenters. The van der Waals surface area contributed by atoms with E-state index >= 15 is 0 Å². The fourth-order valence-corrected chi connectivity index (χ4v) is 3.02. The van der Waals surface area contributed by atoms with E-state index in [4.69, 9.17) is 16.0 Å². The summed E-state index contributed by atoms with van der Waals surface area (Å²) < 4.78 is 5.16. The Morgan fingerprint density at radius 1 is 1.12 bits per heavy atom. The smallest absolute Gasteiger partial charge is 0.289 e. The van der Waals surface area contributed by atoms with Crippen molar-refractivity contribution >= 4 is 29.1 Å². The summed E-state index contributed by atoms with van der Waals surface area (Å²) >= 11 is 6.08. The monoisotopic (exact) mass is 361 g/mol. The van der Waals surface area contributed by atoms with E-state index in [2.05, 4.69) is 10.2 Å². The molecule has 2 aromatic rings. The Bertz CT molecular complexity index is 740. The number of para-hydroxylation sites is 1. The molecular formula is C18H20ClN3O3. The number of rotatable bonds is 4. The summed E-state index contributed by atoms with van der Waals surface area (Å²) in [5.74, 6) is 0.120. The Balaban J connectivity index is 1.54. The highest BCUT2D eigenvalue weighted by atomic mass is 35.5. The molecule has 25 heavy (non-hydrogen) atoms. The molecule has 2 amide bonds. The second-order valence-electron chi connectivity index (χ2n) is 5.95. The van der Waals surface area contributed by atoms with Gasteiger partial charge in [-0.15, -0.1) is 0 Å². The lowest BCUT2D eigenvalue weighted by molar-refractivity contribution is -0.121. The van der Waals surface area contributed by atoms with E-state index < -0.39 is 0 Å². The summed E-state index contributed by atoms with van der Waals surface area (Å²) in [7, 11) is 0. The van der Waals surface area contributed by atoms with E-state index in [1.165, 1.54) is 6.26 Å². The largest absolute Gasteiger partial charge is 0.459 e. The molecule has 1 aliphatic heterocycles. The van der Waals surface area contributed by atoms with E-state index in [0.29, 0.717) is 42.6 Å². The van der Waals surface area contributed by atoms with E-state index in [1.807, 2.05) is 19.1 Å². The van der Waals surface area contributed by atoms with Crippen LogP contribution in [-0.4, -0.2) is 53.8 Å². The molecule has 1 fully saturated rings. The van der Waals surface area contributed by atoms with Crippen molar-refractivity contribution in [2.75, 3.05) is 31.5 Å². The highest BCUT2D eigenvalue weighted by molar-refractivity contribution is 6.33. The number of nitrogens with zero attached hydrogens (tertiary/aromatic N) is 2. The number of carbonyl (C=O) groups excluding carboxylic acids is 2. The predicted octanol–water partition coefficient (Wildman–Crippen LogP) is 2.72. The van der Waals surface area contributed by atoms with Gasteiger partial charge < -0.3 is 14.6 Å². The lowest BCUT2D eigenvalue weighted by Gasteiger charge is -2.37. The van der Waals surface area contributed by atoms with Crippen molar-refractivity contribution in [3.63, 3.8) is 0 Å². The minimum atomic E-state index is -0.308. The molecule has 0 unspecified atom stereocenters. The topological polar surface area (TPSA) is 65.8 Å². The third-order valence-electron chi connectivity index (χ3n) is 4.39. The van der Waals surface area contributed by atoms with Crippen LogP contribution in [0.3, 0.4) is 0 Å². The van der Waals surface area contributed by atoms with Crippen molar-refractivity contribution in [1.29, 1.82) is 0 Å². The van der Waals surface area contributed by atoms with Crippen molar-refractivity contribution in [2.24, 2.45) is 0 Å². The number of halogens is 1. The molecular weight excluding hydrogens is 342 g/mol. The Hall–Kier alpha value is -2.31. The van der Waals surface area contributed by atoms with Crippen LogP contribution in [0.2, 0.25) is 5.02 Å². The lowest BCUT2D eigenvalue weighted by atomic mass is 10.2. The second-order valence-corrected chi connectivity index (χ2v) is 6.36. The van der Waals surface area contributed by atoms with Gasteiger partial charge in [-0.25, -0.2) is 0 Å². The molecule has 0 aliphatic carbocycles. The number of piperazine rings is 1. The Labute approximate surface area is 151 Å². The number of carbonyl (C=O) groups is 2. The minimum absolute atomic E-state index is 0.112. The standard InChI is InChI=1S/C18H20ClN3O3/c1-13(17(23)20-15-6-3-2-5-14(15)19)21-8-10-22(11-9-21)18(24)16-7-4-12-25-16/h2-7,12-13H,8-11H2,1H3,(H,20,23)/t13-/m1/s1. The average Bonchev–Trinajstić information content (AvgIpc) is 3.17. The van der Waals surface area contributed by atoms with Crippen molar-refractivity contribution < 1.29 is 14.0 Å². The van der Waals surface area contributed by atoms with Crippen molar-refractivity contribution in [2.45, 2.75) is 13.0 Å². The minimum Gasteiger partial charge on any atom is -0.459 e. The van der Waals surface area contributed by atoms with Crippen LogP contribution in [0.25, 0.3) is 0 Å². The molecule has 132 valence electrons. The second kappa shape index (κ2) is 7.72. The molecule has 7 heteroatoms. The van der Waals surface area contributed by atoms with E-state index in [-0.39, 0.29) is 17.9 Å². The number of benzene rings is 1. The molecule has 2 heterocycles. The maximum Gasteiger partial charge on any atom is 0.289 e. The molecule has 0 radical (unpaired) electrons. The van der Waals surface area contributed by atoms with Crippen LogP contribution < -0.4 is 5.32 Å². The van der Waals surface area contributed by atoms with Gasteiger partial charge in [0, 0.05) is 26.2 Å². The first-order chi connectivity index (χ1) is 12.1. The van der Waals surface area contributed by atoms with E-state index in [1.54, 1.807) is 29.2 Å². The Morgan fingerprint density at radius 2 is 1.84 bits per heavy atom. The molecule has 1 aliphatic rings. The highest BCUT2D eigenvalue weighted by Crippen LogP contribution is 2.21. The summed E-state index contributed by atoms with van der Waals surface area (Å²) in [5.41, 5.74) is 0.604. The first-order valence-electron chi connectivity index (χ1n) is 8.18. The van der Waals surface area contributed by atoms with Crippen LogP contribution in [0, 0.1) is 0 Å². The van der Waals surface area contributed by atoms with Gasteiger partial charge in [-0.2, -0.15) is 0 Å². The van der Waals surface area contributed by atoms with Crippen LogP contribution in [0.5, 0.6) is 0 Å². The zero-order valence-electron chi connectivity index (χ0n) is 13.9. The van der Waals surface area contributed by atoms with Crippen LogP contribution in [-0.2, 0) is 4.79 Å². The van der Waals surface area contributed by atoms with Gasteiger partial charge in [-0.1, -0.05) is 23.7 Å². The average molecular weight is 362 g/mol. The molecule has 1 saturated heterocycles. The van der Waals surface area contributed by atoms with Crippen LogP contribution in [0.15, 0.2) is 47.1 Å². The zero-order chi connectivity index (χ0) is 17.8. The SMILES string of the molecule is C[C@H](C(=O)Nc1ccccc1Cl)N1CCN(C(=O)c2ccco2)CC1. The van der Waals surface area contributed by atoms with Crippen molar-refractivity contribution in [3.8, 4) is 0 Å². The first-order valence-corrected chi connectivity index (χ1v) is 8.56. The lowest BCUT2D eigenvalue weighted by Crippen LogP contribution is -2.54. The van der Waals surface area contributed by atoms with E-state index in [9.17, 15) is 9.59 Å². The van der Waals surface area contributed by atoms with Crippen molar-refractivity contribution in [1.82, 2.24) is 9.80 Å². The normalized spacial score (nSPS) is 16.5. The molecule has 1 N–H and O–H groups in total. The number of nitrogens with one attached hydrogen (secondary N) is 1. The first kappa shape index (κ1) is 17.5. The van der Waals surface area contributed by atoms with Gasteiger partial charge in [0.05, 0.1) is 23.0 Å². The van der Waals surface area contributed by atoms with Gasteiger partial charge in [-0.05, 0) is 31.2 Å². The molecule has 1 aromatic heterocycles. The number of anilines is 1. The number of amides is 2. The molecule has 6 nitrogen and oxygen atoms in total. The zero-order valence-corrected chi connectivity index (χ0v) is 14.7. The summed E-state index contributed by atoms with van der Waals surface area (Å²) in [6, 6.07) is 10.2. The third kappa shape index (κ3) is 4.03. The maximum atomic E-state index is 12.5. The van der Waals surface area contributed by atoms with Gasteiger partial charge >= 0.3 is 0 Å². The summed E-state index contributed by atoms with van der Waals surface area (Å²) in [6.07, 6.45) is 1.49. The quantitative estimate of drug-likeness (QED) is 0.909. The van der Waals surface area contributed by atoms with E-state index in [0.717, 1.165) is 0 Å². The van der Waals surface area contributed by atoms with Crippen LogP contribution in [0.1, 0.15) is 17.5 Å². The van der Waals surface area contributed by atoms with Gasteiger partial charge in [-0.3, -0.25) is 14.5 Å². The summed E-state index contributed by atoms with van der Waals surface area (Å²) in [6.45, 7) is 4.23.